The number of amides is 1. The van der Waals surface area contributed by atoms with Crippen LogP contribution >= 0.6 is 0 Å². The molecule has 0 aliphatic heterocycles. The standard InChI is InChI=1S/C16H12FN3O2/c17-10-3-1-9(2-4-10)14-13(7-18)20(11-5-6-11)8-12(15(14)21)16(19)22/h1-4,8,11H,5-6H2,(H2,19,22). The van der Waals surface area contributed by atoms with E-state index in [1.807, 2.05) is 6.07 Å². The molecule has 0 bridgehead atoms. The van der Waals surface area contributed by atoms with Gasteiger partial charge < -0.3 is 10.3 Å². The lowest BCUT2D eigenvalue weighted by Crippen LogP contribution is -2.26. The van der Waals surface area contributed by atoms with Gasteiger partial charge in [-0.1, -0.05) is 12.1 Å². The average molecular weight is 297 g/mol. The van der Waals surface area contributed by atoms with E-state index in [0.717, 1.165) is 12.8 Å². The van der Waals surface area contributed by atoms with Crippen molar-refractivity contribution < 1.29 is 9.18 Å². The van der Waals surface area contributed by atoms with Gasteiger partial charge in [-0.25, -0.2) is 4.39 Å². The SMILES string of the molecule is N#Cc1c(-c2ccc(F)cc2)c(=O)c(C(N)=O)cn1C1CC1. The largest absolute Gasteiger partial charge is 0.365 e. The first-order valence-electron chi connectivity index (χ1n) is 6.78. The van der Waals surface area contributed by atoms with E-state index in [4.69, 9.17) is 5.73 Å². The second-order valence-corrected chi connectivity index (χ2v) is 5.22. The summed E-state index contributed by atoms with van der Waals surface area (Å²) in [5, 5.41) is 9.45. The quantitative estimate of drug-likeness (QED) is 0.939. The van der Waals surface area contributed by atoms with Crippen LogP contribution in [0.15, 0.2) is 35.3 Å². The molecule has 0 atom stereocenters. The fourth-order valence-electron chi connectivity index (χ4n) is 2.45. The molecule has 2 aromatic rings. The fraction of sp³-hybridized carbons (Fsp3) is 0.188. The molecule has 2 N–H and O–H groups in total. The number of primary amides is 1. The van der Waals surface area contributed by atoms with Crippen LogP contribution in [0.25, 0.3) is 11.1 Å². The molecule has 1 fully saturated rings. The summed E-state index contributed by atoms with van der Waals surface area (Å²) in [5.74, 6) is -1.29. The normalized spacial score (nSPS) is 13.6. The monoisotopic (exact) mass is 297 g/mol. The third kappa shape index (κ3) is 2.27. The summed E-state index contributed by atoms with van der Waals surface area (Å²) >= 11 is 0. The van der Waals surface area contributed by atoms with E-state index in [2.05, 4.69) is 0 Å². The molecule has 1 heterocycles. The van der Waals surface area contributed by atoms with Gasteiger partial charge >= 0.3 is 0 Å². The van der Waals surface area contributed by atoms with Gasteiger partial charge in [0.15, 0.2) is 0 Å². The topological polar surface area (TPSA) is 88.9 Å². The lowest BCUT2D eigenvalue weighted by molar-refractivity contribution is 0.0998. The smallest absolute Gasteiger partial charge is 0.254 e. The van der Waals surface area contributed by atoms with E-state index in [9.17, 15) is 19.2 Å². The van der Waals surface area contributed by atoms with E-state index < -0.39 is 17.2 Å². The molecule has 0 saturated heterocycles. The predicted octanol–water partition coefficient (Wildman–Crippen LogP) is 1.96. The first-order valence-corrected chi connectivity index (χ1v) is 6.78. The van der Waals surface area contributed by atoms with Gasteiger partial charge in [0.25, 0.3) is 5.91 Å². The Kier molecular flexibility index (Phi) is 3.26. The molecule has 22 heavy (non-hydrogen) atoms. The highest BCUT2D eigenvalue weighted by Crippen LogP contribution is 2.37. The van der Waals surface area contributed by atoms with Gasteiger partial charge in [0.05, 0.1) is 5.56 Å². The maximum atomic E-state index is 13.1. The van der Waals surface area contributed by atoms with Gasteiger partial charge in [-0.3, -0.25) is 9.59 Å². The van der Waals surface area contributed by atoms with Gasteiger partial charge in [-0.15, -0.1) is 0 Å². The molecule has 6 heteroatoms. The summed E-state index contributed by atoms with van der Waals surface area (Å²) in [5.41, 5.74) is 5.15. The number of aromatic nitrogens is 1. The van der Waals surface area contributed by atoms with Crippen molar-refractivity contribution in [3.63, 3.8) is 0 Å². The third-order valence-corrected chi connectivity index (χ3v) is 3.68. The Hall–Kier alpha value is -2.94. The molecule has 1 aromatic heterocycles. The van der Waals surface area contributed by atoms with Crippen LogP contribution in [0.1, 0.15) is 34.9 Å². The Bertz CT molecular complexity index is 859. The lowest BCUT2D eigenvalue weighted by atomic mass is 10.0. The maximum Gasteiger partial charge on any atom is 0.254 e. The highest BCUT2D eigenvalue weighted by molar-refractivity contribution is 5.94. The van der Waals surface area contributed by atoms with Crippen LogP contribution in [-0.4, -0.2) is 10.5 Å². The molecule has 1 aliphatic carbocycles. The van der Waals surface area contributed by atoms with Crippen LogP contribution in [0.4, 0.5) is 4.39 Å². The Morgan fingerprint density at radius 2 is 1.95 bits per heavy atom. The Morgan fingerprint density at radius 3 is 2.45 bits per heavy atom. The van der Waals surface area contributed by atoms with E-state index in [-0.39, 0.29) is 22.9 Å². The van der Waals surface area contributed by atoms with Crippen LogP contribution < -0.4 is 11.2 Å². The molecule has 1 aliphatic rings. The van der Waals surface area contributed by atoms with Crippen molar-refractivity contribution in [2.75, 3.05) is 0 Å². The second kappa shape index (κ2) is 5.11. The zero-order valence-electron chi connectivity index (χ0n) is 11.5. The van der Waals surface area contributed by atoms with Crippen molar-refractivity contribution in [1.29, 1.82) is 5.26 Å². The number of hydrogen-bond donors (Lipinski definition) is 1. The number of benzene rings is 1. The Balaban J connectivity index is 2.35. The van der Waals surface area contributed by atoms with Gasteiger partial charge in [0.2, 0.25) is 5.43 Å². The summed E-state index contributed by atoms with van der Waals surface area (Å²) in [6.45, 7) is 0. The minimum Gasteiger partial charge on any atom is -0.365 e. The summed E-state index contributed by atoms with van der Waals surface area (Å²) in [4.78, 5) is 24.0. The van der Waals surface area contributed by atoms with E-state index in [1.54, 1.807) is 4.57 Å². The van der Waals surface area contributed by atoms with Gasteiger partial charge in [-0.05, 0) is 30.5 Å². The van der Waals surface area contributed by atoms with E-state index in [1.165, 1.54) is 30.5 Å². The van der Waals surface area contributed by atoms with Crippen LogP contribution in [-0.2, 0) is 0 Å². The number of carbonyl (C=O) groups excluding carboxylic acids is 1. The van der Waals surface area contributed by atoms with Gasteiger partial charge in [0, 0.05) is 12.2 Å². The van der Waals surface area contributed by atoms with Crippen molar-refractivity contribution in [2.45, 2.75) is 18.9 Å². The van der Waals surface area contributed by atoms with Crippen LogP contribution in [0.5, 0.6) is 0 Å². The molecule has 110 valence electrons. The molecule has 5 nitrogen and oxygen atoms in total. The van der Waals surface area contributed by atoms with Crippen LogP contribution in [0, 0.1) is 17.1 Å². The number of halogens is 1. The number of nitriles is 1. The lowest BCUT2D eigenvalue weighted by Gasteiger charge is -2.13. The zero-order chi connectivity index (χ0) is 15.9. The van der Waals surface area contributed by atoms with Crippen LogP contribution in [0.3, 0.4) is 0 Å². The molecule has 1 amide bonds. The van der Waals surface area contributed by atoms with E-state index in [0.29, 0.717) is 5.56 Å². The molecule has 0 radical (unpaired) electrons. The fourth-order valence-corrected chi connectivity index (χ4v) is 2.45. The number of hydrogen-bond acceptors (Lipinski definition) is 3. The van der Waals surface area contributed by atoms with Crippen LogP contribution in [0.2, 0.25) is 0 Å². The average Bonchev–Trinajstić information content (AvgIpc) is 3.32. The molecule has 3 rings (SSSR count). The number of nitrogens with zero attached hydrogens (tertiary/aromatic N) is 2. The zero-order valence-corrected chi connectivity index (χ0v) is 11.5. The van der Waals surface area contributed by atoms with Crippen molar-refractivity contribution in [1.82, 2.24) is 4.57 Å². The number of rotatable bonds is 3. The minimum absolute atomic E-state index is 0.0886. The van der Waals surface area contributed by atoms with E-state index >= 15 is 0 Å². The Labute approximate surface area is 125 Å². The van der Waals surface area contributed by atoms with Gasteiger partial charge in [-0.2, -0.15) is 5.26 Å². The molecular weight excluding hydrogens is 285 g/mol. The number of pyridine rings is 1. The summed E-state index contributed by atoms with van der Waals surface area (Å²) in [6, 6.07) is 7.34. The molecular formula is C16H12FN3O2. The highest BCUT2D eigenvalue weighted by Gasteiger charge is 2.29. The molecule has 1 saturated carbocycles. The van der Waals surface area contributed by atoms with Crippen molar-refractivity contribution >= 4 is 5.91 Å². The number of carbonyl (C=O) groups is 1. The van der Waals surface area contributed by atoms with Gasteiger partial charge in [0.1, 0.15) is 23.1 Å². The molecule has 1 aromatic carbocycles. The first-order chi connectivity index (χ1) is 10.5. The predicted molar refractivity (Wildman–Crippen MR) is 77.6 cm³/mol. The number of nitrogens with two attached hydrogens (primary N) is 1. The summed E-state index contributed by atoms with van der Waals surface area (Å²) in [7, 11) is 0. The van der Waals surface area contributed by atoms with Crippen molar-refractivity contribution in [3.8, 4) is 17.2 Å². The minimum atomic E-state index is -0.841. The highest BCUT2D eigenvalue weighted by atomic mass is 19.1. The molecule has 0 spiro atoms. The first kappa shape index (κ1) is 14.0. The third-order valence-electron chi connectivity index (χ3n) is 3.68. The second-order valence-electron chi connectivity index (χ2n) is 5.22. The van der Waals surface area contributed by atoms with Crippen molar-refractivity contribution in [2.24, 2.45) is 5.73 Å². The Morgan fingerprint density at radius 1 is 1.32 bits per heavy atom. The molecule has 0 unspecified atom stereocenters. The summed E-state index contributed by atoms with van der Waals surface area (Å²) in [6.07, 6.45) is 3.10. The van der Waals surface area contributed by atoms with Crippen molar-refractivity contribution in [3.05, 3.63) is 57.8 Å². The maximum absolute atomic E-state index is 13.1. The summed E-state index contributed by atoms with van der Waals surface area (Å²) < 4.78 is 14.7.